The fourth-order valence-electron chi connectivity index (χ4n) is 1.73. The minimum absolute atomic E-state index is 0.0922. The molecule has 1 rings (SSSR count). The highest BCUT2D eigenvalue weighted by Gasteiger charge is 2.11. The van der Waals surface area contributed by atoms with E-state index < -0.39 is 0 Å². The van der Waals surface area contributed by atoms with Crippen LogP contribution in [-0.2, 0) is 0 Å². The molecule has 0 aliphatic carbocycles. The average Bonchev–Trinajstić information content (AvgIpc) is 2.29. The summed E-state index contributed by atoms with van der Waals surface area (Å²) in [5.74, 6) is 0.0922. The van der Waals surface area contributed by atoms with E-state index in [9.17, 15) is 4.79 Å². The van der Waals surface area contributed by atoms with Crippen LogP contribution in [0.5, 0.6) is 0 Å². The summed E-state index contributed by atoms with van der Waals surface area (Å²) in [4.78, 5) is 14.0. The van der Waals surface area contributed by atoms with Gasteiger partial charge in [-0.25, -0.2) is 0 Å². The molecule has 94 valence electrons. The van der Waals surface area contributed by atoms with Gasteiger partial charge in [-0.15, -0.1) is 0 Å². The third kappa shape index (κ3) is 4.88. The van der Waals surface area contributed by atoms with Crippen LogP contribution in [-0.4, -0.2) is 30.8 Å². The SMILES string of the molecule is CCCCCN(C)CC(=O)c1ccccc1Cl. The van der Waals surface area contributed by atoms with Crippen LogP contribution in [0.15, 0.2) is 24.3 Å². The van der Waals surface area contributed by atoms with Crippen LogP contribution in [0.3, 0.4) is 0 Å². The Morgan fingerprint density at radius 2 is 2.00 bits per heavy atom. The molecule has 0 unspecified atom stereocenters. The van der Waals surface area contributed by atoms with E-state index in [-0.39, 0.29) is 5.78 Å². The lowest BCUT2D eigenvalue weighted by atomic mass is 10.1. The van der Waals surface area contributed by atoms with E-state index in [1.54, 1.807) is 12.1 Å². The first-order chi connectivity index (χ1) is 8.15. The number of benzene rings is 1. The van der Waals surface area contributed by atoms with E-state index in [1.807, 2.05) is 19.2 Å². The Balaban J connectivity index is 2.46. The van der Waals surface area contributed by atoms with E-state index in [0.29, 0.717) is 17.1 Å². The van der Waals surface area contributed by atoms with E-state index in [0.717, 1.165) is 13.0 Å². The molecule has 0 fully saturated rings. The van der Waals surface area contributed by atoms with Crippen molar-refractivity contribution in [3.63, 3.8) is 0 Å². The number of rotatable bonds is 7. The number of unbranched alkanes of at least 4 members (excludes halogenated alkanes) is 2. The molecule has 0 radical (unpaired) electrons. The molecule has 0 aromatic heterocycles. The van der Waals surface area contributed by atoms with E-state index >= 15 is 0 Å². The van der Waals surface area contributed by atoms with Crippen molar-refractivity contribution >= 4 is 17.4 Å². The average molecular weight is 254 g/mol. The van der Waals surface area contributed by atoms with Gasteiger partial charge in [-0.05, 0) is 32.1 Å². The van der Waals surface area contributed by atoms with Crippen molar-refractivity contribution in [2.24, 2.45) is 0 Å². The molecule has 0 N–H and O–H groups in total. The summed E-state index contributed by atoms with van der Waals surface area (Å²) in [6, 6.07) is 7.22. The monoisotopic (exact) mass is 253 g/mol. The van der Waals surface area contributed by atoms with Gasteiger partial charge in [0.25, 0.3) is 0 Å². The van der Waals surface area contributed by atoms with Crippen molar-refractivity contribution in [3.05, 3.63) is 34.9 Å². The smallest absolute Gasteiger partial charge is 0.178 e. The zero-order chi connectivity index (χ0) is 12.7. The molecule has 0 aliphatic heterocycles. The molecule has 0 aliphatic rings. The van der Waals surface area contributed by atoms with Gasteiger partial charge in [0.2, 0.25) is 0 Å². The topological polar surface area (TPSA) is 20.3 Å². The van der Waals surface area contributed by atoms with Crippen LogP contribution in [0.2, 0.25) is 5.02 Å². The number of hydrogen-bond donors (Lipinski definition) is 0. The minimum atomic E-state index is 0.0922. The first kappa shape index (κ1) is 14.2. The molecule has 0 bridgehead atoms. The zero-order valence-electron chi connectivity index (χ0n) is 10.6. The fraction of sp³-hybridized carbons (Fsp3) is 0.500. The maximum absolute atomic E-state index is 12.0. The predicted molar refractivity (Wildman–Crippen MR) is 72.8 cm³/mol. The second-order valence-electron chi connectivity index (χ2n) is 4.35. The normalized spacial score (nSPS) is 10.8. The van der Waals surface area contributed by atoms with Crippen LogP contribution in [0.4, 0.5) is 0 Å². The summed E-state index contributed by atoms with van der Waals surface area (Å²) in [6.45, 7) is 3.58. The van der Waals surface area contributed by atoms with Crippen molar-refractivity contribution in [2.75, 3.05) is 20.1 Å². The van der Waals surface area contributed by atoms with Crippen molar-refractivity contribution in [2.45, 2.75) is 26.2 Å². The third-order valence-corrected chi connectivity index (χ3v) is 3.06. The number of carbonyl (C=O) groups excluding carboxylic acids is 1. The predicted octanol–water partition coefficient (Wildman–Crippen LogP) is 3.64. The maximum Gasteiger partial charge on any atom is 0.178 e. The zero-order valence-corrected chi connectivity index (χ0v) is 11.3. The van der Waals surface area contributed by atoms with Gasteiger partial charge in [0.15, 0.2) is 5.78 Å². The minimum Gasteiger partial charge on any atom is -0.299 e. The van der Waals surface area contributed by atoms with Gasteiger partial charge in [-0.2, -0.15) is 0 Å². The summed E-state index contributed by atoms with van der Waals surface area (Å²) in [5, 5.41) is 0.541. The van der Waals surface area contributed by atoms with Crippen LogP contribution in [0.1, 0.15) is 36.5 Å². The first-order valence-corrected chi connectivity index (χ1v) is 6.49. The van der Waals surface area contributed by atoms with Gasteiger partial charge in [0.1, 0.15) is 0 Å². The number of likely N-dealkylation sites (N-methyl/N-ethyl adjacent to an activating group) is 1. The van der Waals surface area contributed by atoms with Gasteiger partial charge >= 0.3 is 0 Å². The Morgan fingerprint density at radius 1 is 1.29 bits per heavy atom. The Kier molecular flexibility index (Phi) is 6.23. The first-order valence-electron chi connectivity index (χ1n) is 6.11. The summed E-state index contributed by atoms with van der Waals surface area (Å²) < 4.78 is 0. The molecule has 0 spiro atoms. The lowest BCUT2D eigenvalue weighted by molar-refractivity contribution is 0.0945. The fourth-order valence-corrected chi connectivity index (χ4v) is 1.97. The molecule has 0 amide bonds. The molecule has 1 aromatic carbocycles. The Bertz CT molecular complexity index is 365. The maximum atomic E-state index is 12.0. The van der Waals surface area contributed by atoms with E-state index in [4.69, 9.17) is 11.6 Å². The lowest BCUT2D eigenvalue weighted by Gasteiger charge is -2.15. The van der Waals surface area contributed by atoms with Gasteiger partial charge in [0.05, 0.1) is 11.6 Å². The van der Waals surface area contributed by atoms with Crippen molar-refractivity contribution in [3.8, 4) is 0 Å². The summed E-state index contributed by atoms with van der Waals surface area (Å²) >= 11 is 5.99. The summed E-state index contributed by atoms with van der Waals surface area (Å²) in [7, 11) is 1.98. The number of nitrogens with zero attached hydrogens (tertiary/aromatic N) is 1. The molecule has 0 atom stereocenters. The van der Waals surface area contributed by atoms with Crippen LogP contribution < -0.4 is 0 Å². The van der Waals surface area contributed by atoms with Gasteiger partial charge in [0, 0.05) is 5.56 Å². The summed E-state index contributed by atoms with van der Waals surface area (Å²) in [5.41, 5.74) is 0.622. The highest BCUT2D eigenvalue weighted by Crippen LogP contribution is 2.15. The summed E-state index contributed by atoms with van der Waals surface area (Å²) in [6.07, 6.45) is 3.56. The molecular formula is C14H20ClNO. The highest BCUT2D eigenvalue weighted by molar-refractivity contribution is 6.34. The van der Waals surface area contributed by atoms with Gasteiger partial charge in [-0.1, -0.05) is 43.5 Å². The van der Waals surface area contributed by atoms with Crippen molar-refractivity contribution in [1.29, 1.82) is 0 Å². The Morgan fingerprint density at radius 3 is 2.65 bits per heavy atom. The molecule has 0 saturated heterocycles. The van der Waals surface area contributed by atoms with Gasteiger partial charge in [-0.3, -0.25) is 9.69 Å². The molecular weight excluding hydrogens is 234 g/mol. The molecule has 1 aromatic rings. The molecule has 3 heteroatoms. The molecule has 0 saturated carbocycles. The largest absolute Gasteiger partial charge is 0.299 e. The van der Waals surface area contributed by atoms with Crippen molar-refractivity contribution < 1.29 is 4.79 Å². The highest BCUT2D eigenvalue weighted by atomic mass is 35.5. The third-order valence-electron chi connectivity index (χ3n) is 2.73. The number of hydrogen-bond acceptors (Lipinski definition) is 2. The van der Waals surface area contributed by atoms with E-state index in [2.05, 4.69) is 11.8 Å². The number of halogens is 1. The van der Waals surface area contributed by atoms with Crippen LogP contribution >= 0.6 is 11.6 Å². The lowest BCUT2D eigenvalue weighted by Crippen LogP contribution is -2.27. The van der Waals surface area contributed by atoms with Gasteiger partial charge < -0.3 is 0 Å². The molecule has 0 heterocycles. The van der Waals surface area contributed by atoms with Crippen LogP contribution in [0.25, 0.3) is 0 Å². The van der Waals surface area contributed by atoms with E-state index in [1.165, 1.54) is 12.8 Å². The molecule has 2 nitrogen and oxygen atoms in total. The number of ketones is 1. The quantitative estimate of drug-likeness (QED) is 0.546. The van der Waals surface area contributed by atoms with Crippen LogP contribution in [0, 0.1) is 0 Å². The second-order valence-corrected chi connectivity index (χ2v) is 4.76. The Labute approximate surface area is 109 Å². The number of carbonyl (C=O) groups is 1. The number of Topliss-reactive ketones (excluding diaryl/α,β-unsaturated/α-hetero) is 1. The Hall–Kier alpha value is -0.860. The second kappa shape index (κ2) is 7.46. The van der Waals surface area contributed by atoms with Crippen molar-refractivity contribution in [1.82, 2.24) is 4.90 Å². The standard InChI is InChI=1S/C14H20ClNO/c1-3-4-7-10-16(2)11-14(17)12-8-5-6-9-13(12)15/h5-6,8-9H,3-4,7,10-11H2,1-2H3. The molecule has 17 heavy (non-hydrogen) atoms.